The number of hydrogen-bond acceptors (Lipinski definition) is 4. The van der Waals surface area contributed by atoms with E-state index in [0.29, 0.717) is 31.0 Å². The van der Waals surface area contributed by atoms with Crippen LogP contribution in [-0.2, 0) is 19.1 Å². The molecule has 0 aromatic rings. The summed E-state index contributed by atoms with van der Waals surface area (Å²) in [4.78, 5) is 22.3. The van der Waals surface area contributed by atoms with Crippen molar-refractivity contribution in [2.24, 2.45) is 23.7 Å². The number of carbonyl (C=O) groups is 2. The molecular formula is C17H24O4. The summed E-state index contributed by atoms with van der Waals surface area (Å²) in [5.41, 5.74) is 0. The molecule has 0 aromatic heterocycles. The number of hydrogen-bond donors (Lipinski definition) is 0. The fourth-order valence-corrected chi connectivity index (χ4v) is 3.80. The molecular weight excluding hydrogens is 268 g/mol. The van der Waals surface area contributed by atoms with Crippen LogP contribution >= 0.6 is 0 Å². The molecule has 0 radical (unpaired) electrons. The van der Waals surface area contributed by atoms with Gasteiger partial charge in [0.2, 0.25) is 0 Å². The standard InChI is InChI=1S/C17H24O4/c1-3-16(18)20-10-12-5-6-13-7-8-14(15(13)9-12)11-21-17(19)4-2/h3-4,12-15H,1-2,5-11H2. The van der Waals surface area contributed by atoms with Gasteiger partial charge in [0.05, 0.1) is 13.2 Å². The maximum Gasteiger partial charge on any atom is 0.330 e. The molecule has 4 heteroatoms. The lowest BCUT2D eigenvalue weighted by Crippen LogP contribution is -2.29. The first-order valence-electron chi connectivity index (χ1n) is 7.72. The SMILES string of the molecule is C=CC(=O)OCC1CCC2CCC(COC(=O)C=C)C2C1. The summed E-state index contributed by atoms with van der Waals surface area (Å²) in [6, 6.07) is 0. The van der Waals surface area contributed by atoms with Crippen LogP contribution < -0.4 is 0 Å². The van der Waals surface area contributed by atoms with Gasteiger partial charge in [-0.2, -0.15) is 0 Å². The average molecular weight is 292 g/mol. The van der Waals surface area contributed by atoms with E-state index in [9.17, 15) is 9.59 Å². The number of esters is 2. The van der Waals surface area contributed by atoms with Crippen LogP contribution in [0.15, 0.2) is 25.3 Å². The van der Waals surface area contributed by atoms with Crippen molar-refractivity contribution in [2.45, 2.75) is 32.1 Å². The Bertz CT molecular complexity index is 415. The highest BCUT2D eigenvalue weighted by Crippen LogP contribution is 2.47. The lowest BCUT2D eigenvalue weighted by atomic mass is 9.73. The maximum atomic E-state index is 11.2. The van der Waals surface area contributed by atoms with Crippen molar-refractivity contribution in [3.8, 4) is 0 Å². The van der Waals surface area contributed by atoms with E-state index >= 15 is 0 Å². The van der Waals surface area contributed by atoms with E-state index in [1.165, 1.54) is 25.0 Å². The van der Waals surface area contributed by atoms with Gasteiger partial charge in [-0.1, -0.05) is 13.2 Å². The monoisotopic (exact) mass is 292 g/mol. The molecule has 0 spiro atoms. The molecule has 0 bridgehead atoms. The van der Waals surface area contributed by atoms with Crippen molar-refractivity contribution < 1.29 is 19.1 Å². The molecule has 0 heterocycles. The number of fused-ring (bicyclic) bond motifs is 1. The second-order valence-electron chi connectivity index (χ2n) is 6.11. The molecule has 2 saturated carbocycles. The van der Waals surface area contributed by atoms with Crippen molar-refractivity contribution in [1.82, 2.24) is 0 Å². The highest BCUT2D eigenvalue weighted by molar-refractivity contribution is 5.81. The number of rotatable bonds is 6. The minimum atomic E-state index is -0.347. The van der Waals surface area contributed by atoms with Gasteiger partial charge in [0.25, 0.3) is 0 Å². The highest BCUT2D eigenvalue weighted by Gasteiger charge is 2.40. The number of ether oxygens (including phenoxy) is 2. The third-order valence-corrected chi connectivity index (χ3v) is 4.90. The summed E-state index contributed by atoms with van der Waals surface area (Å²) < 4.78 is 10.4. The first-order valence-corrected chi connectivity index (χ1v) is 7.72. The highest BCUT2D eigenvalue weighted by atomic mass is 16.5. The first-order chi connectivity index (χ1) is 10.1. The fourth-order valence-electron chi connectivity index (χ4n) is 3.80. The van der Waals surface area contributed by atoms with Crippen LogP contribution in [0.5, 0.6) is 0 Å². The molecule has 0 saturated heterocycles. The van der Waals surface area contributed by atoms with Crippen LogP contribution in [-0.4, -0.2) is 25.2 Å². The Morgan fingerprint density at radius 1 is 0.952 bits per heavy atom. The van der Waals surface area contributed by atoms with Crippen molar-refractivity contribution in [1.29, 1.82) is 0 Å². The second kappa shape index (κ2) is 7.43. The van der Waals surface area contributed by atoms with Gasteiger partial charge in [0.1, 0.15) is 0 Å². The summed E-state index contributed by atoms with van der Waals surface area (Å²) >= 11 is 0. The molecule has 0 aliphatic heterocycles. The van der Waals surface area contributed by atoms with E-state index in [4.69, 9.17) is 9.47 Å². The Morgan fingerprint density at radius 2 is 1.57 bits per heavy atom. The van der Waals surface area contributed by atoms with Crippen molar-refractivity contribution in [2.75, 3.05) is 13.2 Å². The van der Waals surface area contributed by atoms with E-state index < -0.39 is 0 Å². The number of carbonyl (C=O) groups excluding carboxylic acids is 2. The van der Waals surface area contributed by atoms with Gasteiger partial charge in [-0.3, -0.25) is 0 Å². The zero-order valence-electron chi connectivity index (χ0n) is 12.5. The van der Waals surface area contributed by atoms with Crippen LogP contribution in [0.2, 0.25) is 0 Å². The summed E-state index contributed by atoms with van der Waals surface area (Å²) in [5.74, 6) is 1.50. The van der Waals surface area contributed by atoms with E-state index in [1.807, 2.05) is 0 Å². The molecule has 0 N–H and O–H groups in total. The van der Waals surface area contributed by atoms with Crippen LogP contribution in [0.25, 0.3) is 0 Å². The molecule has 0 aromatic carbocycles. The van der Waals surface area contributed by atoms with E-state index in [-0.39, 0.29) is 11.9 Å². The zero-order valence-corrected chi connectivity index (χ0v) is 12.5. The van der Waals surface area contributed by atoms with E-state index in [2.05, 4.69) is 13.2 Å². The molecule has 116 valence electrons. The summed E-state index contributed by atoms with van der Waals surface area (Å²) in [7, 11) is 0. The fraction of sp³-hybridized carbons (Fsp3) is 0.647. The smallest absolute Gasteiger partial charge is 0.330 e. The minimum absolute atomic E-state index is 0.342. The van der Waals surface area contributed by atoms with Gasteiger partial charge in [-0.25, -0.2) is 9.59 Å². The van der Waals surface area contributed by atoms with Crippen LogP contribution in [0.1, 0.15) is 32.1 Å². The van der Waals surface area contributed by atoms with Gasteiger partial charge in [-0.15, -0.1) is 0 Å². The molecule has 0 amide bonds. The Morgan fingerprint density at radius 3 is 2.24 bits per heavy atom. The zero-order chi connectivity index (χ0) is 15.2. The Balaban J connectivity index is 1.82. The second-order valence-corrected chi connectivity index (χ2v) is 6.11. The molecule has 2 aliphatic rings. The van der Waals surface area contributed by atoms with Gasteiger partial charge in [0.15, 0.2) is 0 Å². The molecule has 2 fully saturated rings. The van der Waals surface area contributed by atoms with E-state index in [0.717, 1.165) is 25.2 Å². The summed E-state index contributed by atoms with van der Waals surface area (Å²) in [5, 5.41) is 0. The van der Waals surface area contributed by atoms with Gasteiger partial charge in [0, 0.05) is 12.2 Å². The average Bonchev–Trinajstić information content (AvgIpc) is 2.92. The third-order valence-electron chi connectivity index (χ3n) is 4.90. The Labute approximate surface area is 126 Å². The largest absolute Gasteiger partial charge is 0.462 e. The predicted molar refractivity (Wildman–Crippen MR) is 79.4 cm³/mol. The molecule has 21 heavy (non-hydrogen) atoms. The quantitative estimate of drug-likeness (QED) is 0.558. The molecule has 4 nitrogen and oxygen atoms in total. The Kier molecular flexibility index (Phi) is 5.59. The van der Waals surface area contributed by atoms with Crippen molar-refractivity contribution >= 4 is 11.9 Å². The molecule has 4 unspecified atom stereocenters. The van der Waals surface area contributed by atoms with E-state index in [1.54, 1.807) is 0 Å². The van der Waals surface area contributed by atoms with Gasteiger partial charge >= 0.3 is 11.9 Å². The van der Waals surface area contributed by atoms with Crippen LogP contribution in [0, 0.1) is 23.7 Å². The van der Waals surface area contributed by atoms with Gasteiger partial charge < -0.3 is 9.47 Å². The molecule has 2 aliphatic carbocycles. The van der Waals surface area contributed by atoms with Crippen molar-refractivity contribution in [3.63, 3.8) is 0 Å². The van der Waals surface area contributed by atoms with Gasteiger partial charge in [-0.05, 0) is 55.8 Å². The lowest BCUT2D eigenvalue weighted by molar-refractivity contribution is -0.141. The van der Waals surface area contributed by atoms with Crippen LogP contribution in [0.3, 0.4) is 0 Å². The predicted octanol–water partition coefficient (Wildman–Crippen LogP) is 2.89. The third kappa shape index (κ3) is 4.19. The molecule has 4 atom stereocenters. The summed E-state index contributed by atoms with van der Waals surface area (Å²) in [6.07, 6.45) is 8.13. The lowest BCUT2D eigenvalue weighted by Gasteiger charge is -2.34. The van der Waals surface area contributed by atoms with Crippen LogP contribution in [0.4, 0.5) is 0 Å². The topological polar surface area (TPSA) is 52.6 Å². The van der Waals surface area contributed by atoms with Crippen molar-refractivity contribution in [3.05, 3.63) is 25.3 Å². The summed E-state index contributed by atoms with van der Waals surface area (Å²) in [6.45, 7) is 7.80. The molecule has 2 rings (SSSR count). The minimum Gasteiger partial charge on any atom is -0.462 e. The normalized spacial score (nSPS) is 31.0. The Hall–Kier alpha value is -1.58. The first kappa shape index (κ1) is 15.8. The maximum absolute atomic E-state index is 11.2.